The third-order valence-electron chi connectivity index (χ3n) is 7.19. The molecule has 1 saturated carbocycles. The van der Waals surface area contributed by atoms with Gasteiger partial charge in [-0.25, -0.2) is 9.97 Å². The quantitative estimate of drug-likeness (QED) is 0.472. The molecule has 192 valence electrons. The Bertz CT molecular complexity index is 1230. The Morgan fingerprint density at radius 1 is 0.946 bits per heavy atom. The molecule has 37 heavy (non-hydrogen) atoms. The molecular formula is C29H34N6O2. The lowest BCUT2D eigenvalue weighted by Crippen LogP contribution is -2.49. The predicted octanol–water partition coefficient (Wildman–Crippen LogP) is 5.07. The molecule has 8 heteroatoms. The number of nitrogens with one attached hydrogen (secondary N) is 2. The van der Waals surface area contributed by atoms with Crippen LogP contribution < -0.4 is 15.5 Å². The van der Waals surface area contributed by atoms with E-state index in [1.165, 1.54) is 32.6 Å². The van der Waals surface area contributed by atoms with E-state index in [0.717, 1.165) is 60.9 Å². The fraction of sp³-hybridized carbons (Fsp3) is 0.379. The summed E-state index contributed by atoms with van der Waals surface area (Å²) in [5.41, 5.74) is 4.52. The van der Waals surface area contributed by atoms with Gasteiger partial charge in [0, 0.05) is 68.3 Å². The summed E-state index contributed by atoms with van der Waals surface area (Å²) in [4.78, 5) is 37.4. The Morgan fingerprint density at radius 3 is 2.43 bits per heavy atom. The summed E-state index contributed by atoms with van der Waals surface area (Å²) in [6.07, 6.45) is 7.43. The number of carbonyl (C=O) groups excluding carboxylic acids is 2. The van der Waals surface area contributed by atoms with Gasteiger partial charge in [0.05, 0.1) is 5.69 Å². The van der Waals surface area contributed by atoms with Crippen molar-refractivity contribution in [1.82, 2.24) is 14.9 Å². The highest BCUT2D eigenvalue weighted by Gasteiger charge is 2.25. The fourth-order valence-electron chi connectivity index (χ4n) is 5.22. The van der Waals surface area contributed by atoms with E-state index in [2.05, 4.69) is 37.6 Å². The number of anilines is 4. The minimum atomic E-state index is -0.0989. The summed E-state index contributed by atoms with van der Waals surface area (Å²) in [6.45, 7) is 4.70. The average Bonchev–Trinajstić information content (AvgIpc) is 3.42. The summed E-state index contributed by atoms with van der Waals surface area (Å²) < 4.78 is 0. The second-order valence-corrected chi connectivity index (χ2v) is 9.92. The van der Waals surface area contributed by atoms with Crippen LogP contribution in [0.25, 0.3) is 11.3 Å². The van der Waals surface area contributed by atoms with Gasteiger partial charge in [-0.05, 0) is 55.2 Å². The first-order chi connectivity index (χ1) is 18.0. The molecule has 2 amide bonds. The molecule has 8 nitrogen and oxygen atoms in total. The lowest BCUT2D eigenvalue weighted by atomic mass is 10.0. The summed E-state index contributed by atoms with van der Waals surface area (Å²) in [7, 11) is 0. The van der Waals surface area contributed by atoms with E-state index < -0.39 is 0 Å². The van der Waals surface area contributed by atoms with Crippen molar-refractivity contribution in [2.24, 2.45) is 5.92 Å². The third-order valence-corrected chi connectivity index (χ3v) is 7.19. The minimum absolute atomic E-state index is 0.0989. The van der Waals surface area contributed by atoms with Crippen LogP contribution in [0.15, 0.2) is 60.8 Å². The van der Waals surface area contributed by atoms with Crippen LogP contribution in [0.2, 0.25) is 0 Å². The van der Waals surface area contributed by atoms with Gasteiger partial charge in [0.1, 0.15) is 0 Å². The highest BCUT2D eigenvalue weighted by molar-refractivity contribution is 5.89. The van der Waals surface area contributed by atoms with E-state index in [1.54, 1.807) is 6.20 Å². The molecule has 1 aliphatic heterocycles. The minimum Gasteiger partial charge on any atom is -0.368 e. The molecule has 2 heterocycles. The summed E-state index contributed by atoms with van der Waals surface area (Å²) in [5.74, 6) is 1.34. The molecule has 0 unspecified atom stereocenters. The number of benzene rings is 2. The molecule has 3 aromatic rings. The van der Waals surface area contributed by atoms with E-state index in [-0.39, 0.29) is 5.91 Å². The highest BCUT2D eigenvalue weighted by atomic mass is 16.2. The molecular weight excluding hydrogens is 464 g/mol. The number of nitrogens with zero attached hydrogens (tertiary/aromatic N) is 4. The van der Waals surface area contributed by atoms with Crippen molar-refractivity contribution in [3.05, 3.63) is 60.8 Å². The van der Waals surface area contributed by atoms with Crippen LogP contribution in [0.3, 0.4) is 0 Å². The van der Waals surface area contributed by atoms with E-state index in [9.17, 15) is 9.59 Å². The van der Waals surface area contributed by atoms with Crippen molar-refractivity contribution in [3.8, 4) is 11.3 Å². The molecule has 0 bridgehead atoms. The predicted molar refractivity (Wildman–Crippen MR) is 147 cm³/mol. The maximum Gasteiger partial charge on any atom is 0.227 e. The smallest absolute Gasteiger partial charge is 0.227 e. The largest absolute Gasteiger partial charge is 0.368 e. The van der Waals surface area contributed by atoms with Gasteiger partial charge in [0.2, 0.25) is 17.8 Å². The van der Waals surface area contributed by atoms with E-state index >= 15 is 0 Å². The van der Waals surface area contributed by atoms with Gasteiger partial charge in [-0.1, -0.05) is 31.0 Å². The molecule has 2 aliphatic rings. The van der Waals surface area contributed by atoms with Crippen molar-refractivity contribution in [2.75, 3.05) is 41.7 Å². The molecule has 0 spiro atoms. The lowest BCUT2D eigenvalue weighted by molar-refractivity contribution is -0.132. The van der Waals surface area contributed by atoms with Crippen LogP contribution >= 0.6 is 0 Å². The van der Waals surface area contributed by atoms with Crippen molar-refractivity contribution in [3.63, 3.8) is 0 Å². The van der Waals surface area contributed by atoms with Crippen molar-refractivity contribution in [2.45, 2.75) is 39.0 Å². The Morgan fingerprint density at radius 2 is 1.70 bits per heavy atom. The molecule has 1 aromatic heterocycles. The summed E-state index contributed by atoms with van der Waals surface area (Å²) in [6, 6.07) is 17.7. The van der Waals surface area contributed by atoms with E-state index in [4.69, 9.17) is 0 Å². The number of rotatable bonds is 7. The average molecular weight is 499 g/mol. The second-order valence-electron chi connectivity index (χ2n) is 9.92. The Hall–Kier alpha value is -3.94. The fourth-order valence-corrected chi connectivity index (χ4v) is 5.22. The topological polar surface area (TPSA) is 90.5 Å². The van der Waals surface area contributed by atoms with Gasteiger partial charge >= 0.3 is 0 Å². The van der Waals surface area contributed by atoms with Crippen LogP contribution in [0.5, 0.6) is 0 Å². The van der Waals surface area contributed by atoms with Crippen LogP contribution in [-0.4, -0.2) is 52.9 Å². The second kappa shape index (κ2) is 11.4. The van der Waals surface area contributed by atoms with Gasteiger partial charge in [-0.15, -0.1) is 0 Å². The standard InChI is InChI=1S/C29H34N6O2/c1-21(36)31-24-11-9-23(10-12-24)27-13-14-30-29(33-27)32-25-7-4-8-26(20-25)34-15-17-35(18-16-34)28(37)19-22-5-2-3-6-22/h4,7-14,20,22H,2-3,5-6,15-19H2,1H3,(H,31,36)(H,30,32,33). The first-order valence-electron chi connectivity index (χ1n) is 13.1. The van der Waals surface area contributed by atoms with Crippen molar-refractivity contribution in [1.29, 1.82) is 0 Å². The van der Waals surface area contributed by atoms with Gasteiger partial charge in [-0.3, -0.25) is 9.59 Å². The Balaban J connectivity index is 1.19. The monoisotopic (exact) mass is 498 g/mol. The molecule has 2 N–H and O–H groups in total. The van der Waals surface area contributed by atoms with Crippen LogP contribution in [0.1, 0.15) is 39.0 Å². The number of amides is 2. The zero-order chi connectivity index (χ0) is 25.6. The molecule has 2 aromatic carbocycles. The molecule has 5 rings (SSSR count). The van der Waals surface area contributed by atoms with Crippen molar-refractivity contribution < 1.29 is 9.59 Å². The first-order valence-corrected chi connectivity index (χ1v) is 13.1. The number of hydrogen-bond acceptors (Lipinski definition) is 6. The van der Waals surface area contributed by atoms with Crippen LogP contribution in [0.4, 0.5) is 23.0 Å². The number of hydrogen-bond donors (Lipinski definition) is 2. The SMILES string of the molecule is CC(=O)Nc1ccc(-c2ccnc(Nc3cccc(N4CCN(C(=O)CC5CCCC5)CC4)c3)n2)cc1. The third kappa shape index (κ3) is 6.44. The first kappa shape index (κ1) is 24.7. The molecule has 0 radical (unpaired) electrons. The summed E-state index contributed by atoms with van der Waals surface area (Å²) >= 11 is 0. The van der Waals surface area contributed by atoms with Crippen LogP contribution in [-0.2, 0) is 9.59 Å². The molecule has 1 aliphatic carbocycles. The lowest BCUT2D eigenvalue weighted by Gasteiger charge is -2.36. The molecule has 0 atom stereocenters. The Kier molecular flexibility index (Phi) is 7.63. The van der Waals surface area contributed by atoms with E-state index in [0.29, 0.717) is 17.8 Å². The van der Waals surface area contributed by atoms with E-state index in [1.807, 2.05) is 47.4 Å². The molecule has 2 fully saturated rings. The highest BCUT2D eigenvalue weighted by Crippen LogP contribution is 2.29. The van der Waals surface area contributed by atoms with Gasteiger partial charge in [0.25, 0.3) is 0 Å². The maximum atomic E-state index is 12.7. The number of carbonyl (C=O) groups is 2. The number of aromatic nitrogens is 2. The zero-order valence-electron chi connectivity index (χ0n) is 21.3. The van der Waals surface area contributed by atoms with Gasteiger partial charge < -0.3 is 20.4 Å². The Labute approximate surface area is 218 Å². The van der Waals surface area contributed by atoms with Crippen LogP contribution in [0, 0.1) is 5.92 Å². The van der Waals surface area contributed by atoms with Gasteiger partial charge in [-0.2, -0.15) is 0 Å². The van der Waals surface area contributed by atoms with Crippen molar-refractivity contribution >= 4 is 34.8 Å². The molecule has 1 saturated heterocycles. The maximum absolute atomic E-state index is 12.7. The number of piperazine rings is 1. The van der Waals surface area contributed by atoms with Gasteiger partial charge in [0.15, 0.2) is 0 Å². The summed E-state index contributed by atoms with van der Waals surface area (Å²) in [5, 5.41) is 6.10. The normalized spacial score (nSPS) is 16.0. The zero-order valence-corrected chi connectivity index (χ0v) is 21.3.